The third kappa shape index (κ3) is 3.70. The molecule has 1 aliphatic rings. The van der Waals surface area contributed by atoms with Crippen LogP contribution >= 0.6 is 0 Å². The van der Waals surface area contributed by atoms with E-state index < -0.39 is 0 Å². The number of aryl methyl sites for hydroxylation is 4. The number of Topliss-reactive ketones (excluding diaryl/α,β-unsaturated/α-hetero) is 1. The second-order valence-electron chi connectivity index (χ2n) is 7.97. The van der Waals surface area contributed by atoms with Gasteiger partial charge in [0.1, 0.15) is 5.78 Å². The summed E-state index contributed by atoms with van der Waals surface area (Å²) in [5.74, 6) is 0.278. The number of hydrogen-bond acceptors (Lipinski definition) is 3. The van der Waals surface area contributed by atoms with E-state index in [2.05, 4.69) is 72.7 Å². The third-order valence-electron chi connectivity index (χ3n) is 5.57. The standard InChI is InChI=1S/C25H26N2O/c1-15-8-22-13-23(28)14-25(27-24(22)9-16(15)2)20-7-5-6-19(12-20)21-10-17(3)26-18(4)11-21/h5-12,25,27H,13-14H2,1-4H3. The molecule has 0 bridgehead atoms. The van der Waals surface area contributed by atoms with Crippen LogP contribution in [0.4, 0.5) is 5.69 Å². The minimum atomic E-state index is -0.0140. The molecule has 0 fully saturated rings. The first-order valence-electron chi connectivity index (χ1n) is 9.83. The molecule has 0 amide bonds. The van der Waals surface area contributed by atoms with Gasteiger partial charge in [0.05, 0.1) is 6.04 Å². The van der Waals surface area contributed by atoms with E-state index in [9.17, 15) is 4.79 Å². The Morgan fingerprint density at radius 2 is 1.61 bits per heavy atom. The average molecular weight is 370 g/mol. The molecule has 3 aromatic rings. The van der Waals surface area contributed by atoms with Crippen LogP contribution in [-0.4, -0.2) is 10.8 Å². The van der Waals surface area contributed by atoms with Gasteiger partial charge in [0.2, 0.25) is 0 Å². The van der Waals surface area contributed by atoms with E-state index in [1.54, 1.807) is 0 Å². The lowest BCUT2D eigenvalue weighted by molar-refractivity contribution is -0.118. The maximum Gasteiger partial charge on any atom is 0.139 e. The van der Waals surface area contributed by atoms with Gasteiger partial charge in [-0.25, -0.2) is 0 Å². The second-order valence-corrected chi connectivity index (χ2v) is 7.97. The fourth-order valence-electron chi connectivity index (χ4n) is 4.04. The number of carbonyl (C=O) groups is 1. The van der Waals surface area contributed by atoms with E-state index in [4.69, 9.17) is 0 Å². The quantitative estimate of drug-likeness (QED) is 0.634. The van der Waals surface area contributed by atoms with Crippen molar-refractivity contribution < 1.29 is 4.79 Å². The average Bonchev–Trinajstić information content (AvgIpc) is 2.79. The van der Waals surface area contributed by atoms with Gasteiger partial charge in [-0.2, -0.15) is 0 Å². The van der Waals surface area contributed by atoms with Crippen molar-refractivity contribution in [3.05, 3.63) is 82.2 Å². The first kappa shape index (κ1) is 18.4. The lowest BCUT2D eigenvalue weighted by atomic mass is 9.96. The first-order chi connectivity index (χ1) is 13.4. The molecule has 0 aliphatic carbocycles. The van der Waals surface area contributed by atoms with E-state index in [1.165, 1.54) is 16.7 Å². The third-order valence-corrected chi connectivity index (χ3v) is 5.57. The molecule has 1 N–H and O–H groups in total. The minimum Gasteiger partial charge on any atom is -0.378 e. The van der Waals surface area contributed by atoms with E-state index in [0.717, 1.165) is 33.8 Å². The molecule has 2 aromatic carbocycles. The Morgan fingerprint density at radius 3 is 2.36 bits per heavy atom. The van der Waals surface area contributed by atoms with Crippen LogP contribution in [0, 0.1) is 27.7 Å². The van der Waals surface area contributed by atoms with Crippen LogP contribution in [0.2, 0.25) is 0 Å². The predicted octanol–water partition coefficient (Wildman–Crippen LogP) is 5.65. The summed E-state index contributed by atoms with van der Waals surface area (Å²) in [4.78, 5) is 17.1. The molecule has 2 heterocycles. The zero-order valence-corrected chi connectivity index (χ0v) is 17.0. The highest BCUT2D eigenvalue weighted by Crippen LogP contribution is 2.33. The van der Waals surface area contributed by atoms with Crippen LogP contribution in [-0.2, 0) is 11.2 Å². The Balaban J connectivity index is 1.72. The summed E-state index contributed by atoms with van der Waals surface area (Å²) in [6.07, 6.45) is 1.01. The molecule has 1 aliphatic heterocycles. The van der Waals surface area contributed by atoms with Crippen molar-refractivity contribution >= 4 is 11.5 Å². The van der Waals surface area contributed by atoms with E-state index in [0.29, 0.717) is 12.8 Å². The largest absolute Gasteiger partial charge is 0.378 e. The van der Waals surface area contributed by atoms with Gasteiger partial charge in [-0.3, -0.25) is 9.78 Å². The molecular weight excluding hydrogens is 344 g/mol. The molecule has 0 saturated carbocycles. The Bertz CT molecular complexity index is 1050. The molecule has 1 aromatic heterocycles. The Morgan fingerprint density at radius 1 is 0.893 bits per heavy atom. The molecule has 3 heteroatoms. The predicted molar refractivity (Wildman–Crippen MR) is 115 cm³/mol. The highest BCUT2D eigenvalue weighted by molar-refractivity contribution is 5.85. The number of anilines is 1. The van der Waals surface area contributed by atoms with Gasteiger partial charge in [-0.1, -0.05) is 24.3 Å². The van der Waals surface area contributed by atoms with Crippen LogP contribution in [0.25, 0.3) is 11.1 Å². The zero-order chi connectivity index (χ0) is 19.8. The number of benzene rings is 2. The number of nitrogens with one attached hydrogen (secondary N) is 1. The summed E-state index contributed by atoms with van der Waals surface area (Å²) in [6.45, 7) is 8.26. The summed E-state index contributed by atoms with van der Waals surface area (Å²) in [5, 5.41) is 3.64. The lowest BCUT2D eigenvalue weighted by Gasteiger charge is -2.20. The number of nitrogens with zero attached hydrogens (tertiary/aromatic N) is 1. The molecule has 3 nitrogen and oxygen atoms in total. The molecule has 0 spiro atoms. The highest BCUT2D eigenvalue weighted by atomic mass is 16.1. The topological polar surface area (TPSA) is 42.0 Å². The van der Waals surface area contributed by atoms with Gasteiger partial charge >= 0.3 is 0 Å². The molecule has 1 unspecified atom stereocenters. The molecule has 1 atom stereocenters. The van der Waals surface area contributed by atoms with Gasteiger partial charge < -0.3 is 5.32 Å². The Hall–Kier alpha value is -2.94. The molecule has 4 rings (SSSR count). The van der Waals surface area contributed by atoms with Crippen molar-refractivity contribution in [2.24, 2.45) is 0 Å². The number of rotatable bonds is 2. The maximum atomic E-state index is 12.6. The first-order valence-corrected chi connectivity index (χ1v) is 9.83. The van der Waals surface area contributed by atoms with Gasteiger partial charge in [0, 0.05) is 29.9 Å². The number of hydrogen-bond donors (Lipinski definition) is 1. The molecule has 142 valence electrons. The number of fused-ring (bicyclic) bond motifs is 1. The SMILES string of the molecule is Cc1cc(-c2cccc(C3CC(=O)Cc4cc(C)c(C)cc4N3)c2)cc(C)n1. The van der Waals surface area contributed by atoms with Gasteiger partial charge in [-0.15, -0.1) is 0 Å². The summed E-state index contributed by atoms with van der Waals surface area (Å²) in [5.41, 5.74) is 10.2. The van der Waals surface area contributed by atoms with Crippen molar-refractivity contribution in [2.75, 3.05) is 5.32 Å². The number of pyridine rings is 1. The fourth-order valence-corrected chi connectivity index (χ4v) is 4.04. The van der Waals surface area contributed by atoms with Gasteiger partial charge in [0.25, 0.3) is 0 Å². The summed E-state index contributed by atoms with van der Waals surface area (Å²) in [7, 11) is 0. The summed E-state index contributed by atoms with van der Waals surface area (Å²) in [6, 6.07) is 17.0. The zero-order valence-electron chi connectivity index (χ0n) is 17.0. The lowest BCUT2D eigenvalue weighted by Crippen LogP contribution is -2.13. The number of aromatic nitrogens is 1. The van der Waals surface area contributed by atoms with E-state index in [1.807, 2.05) is 13.8 Å². The minimum absolute atomic E-state index is 0.0140. The fraction of sp³-hybridized carbons (Fsp3) is 0.280. The number of carbonyl (C=O) groups excluding carboxylic acids is 1. The van der Waals surface area contributed by atoms with Crippen LogP contribution in [0.15, 0.2) is 48.5 Å². The van der Waals surface area contributed by atoms with E-state index >= 15 is 0 Å². The van der Waals surface area contributed by atoms with Crippen molar-refractivity contribution in [3.8, 4) is 11.1 Å². The van der Waals surface area contributed by atoms with Crippen LogP contribution in [0.5, 0.6) is 0 Å². The smallest absolute Gasteiger partial charge is 0.139 e. The Labute approximate surface area is 166 Å². The molecule has 0 radical (unpaired) electrons. The van der Waals surface area contributed by atoms with Gasteiger partial charge in [0.15, 0.2) is 0 Å². The van der Waals surface area contributed by atoms with Crippen LogP contribution in [0.1, 0.15) is 46.1 Å². The van der Waals surface area contributed by atoms with Crippen molar-refractivity contribution in [1.82, 2.24) is 4.98 Å². The van der Waals surface area contributed by atoms with E-state index in [-0.39, 0.29) is 11.8 Å². The van der Waals surface area contributed by atoms with Crippen molar-refractivity contribution in [1.29, 1.82) is 0 Å². The maximum absolute atomic E-state index is 12.6. The van der Waals surface area contributed by atoms with Crippen LogP contribution in [0.3, 0.4) is 0 Å². The highest BCUT2D eigenvalue weighted by Gasteiger charge is 2.23. The molecule has 28 heavy (non-hydrogen) atoms. The summed E-state index contributed by atoms with van der Waals surface area (Å²) >= 11 is 0. The number of ketones is 1. The molecule has 0 saturated heterocycles. The van der Waals surface area contributed by atoms with Crippen molar-refractivity contribution in [3.63, 3.8) is 0 Å². The van der Waals surface area contributed by atoms with Gasteiger partial charge in [-0.05, 0) is 85.3 Å². The van der Waals surface area contributed by atoms with Crippen LogP contribution < -0.4 is 5.32 Å². The van der Waals surface area contributed by atoms with Crippen molar-refractivity contribution in [2.45, 2.75) is 46.6 Å². The second kappa shape index (κ2) is 7.23. The molecular formula is C25H26N2O. The summed E-state index contributed by atoms with van der Waals surface area (Å²) < 4.78 is 0. The normalized spacial score (nSPS) is 16.3. The monoisotopic (exact) mass is 370 g/mol. The Kier molecular flexibility index (Phi) is 4.76.